The first-order valence-electron chi connectivity index (χ1n) is 8.06. The van der Waals surface area contributed by atoms with E-state index in [9.17, 15) is 18.0 Å². The minimum Gasteiger partial charge on any atom is -0.336 e. The molecule has 1 aromatic carbocycles. The lowest BCUT2D eigenvalue weighted by molar-refractivity contribution is -0.159. The van der Waals surface area contributed by atoms with E-state index in [1.54, 1.807) is 24.3 Å². The number of benzene rings is 1. The molecule has 5 nitrogen and oxygen atoms in total. The standard InChI is InChI=1S/C17H18F3N3O2/c1-10(2)23(15(24)13-7-8-13)9-11-3-5-12(6-4-11)14-21-16(25-22-14)17(18,19)20/h3-6,10,13H,7-9H2,1-2H3. The van der Waals surface area contributed by atoms with E-state index < -0.39 is 12.1 Å². The van der Waals surface area contributed by atoms with Crippen molar-refractivity contribution in [2.24, 2.45) is 5.92 Å². The van der Waals surface area contributed by atoms with Crippen LogP contribution in [0.25, 0.3) is 11.4 Å². The first-order chi connectivity index (χ1) is 11.8. The maximum absolute atomic E-state index is 12.5. The van der Waals surface area contributed by atoms with Crippen molar-refractivity contribution in [3.05, 3.63) is 35.7 Å². The van der Waals surface area contributed by atoms with Crippen molar-refractivity contribution in [1.29, 1.82) is 0 Å². The maximum Gasteiger partial charge on any atom is 0.471 e. The third kappa shape index (κ3) is 4.00. The SMILES string of the molecule is CC(C)N(Cc1ccc(-c2noc(C(F)(F)F)n2)cc1)C(=O)C1CC1. The predicted molar refractivity (Wildman–Crippen MR) is 83.1 cm³/mol. The number of halogens is 3. The Kier molecular flexibility index (Phi) is 4.53. The van der Waals surface area contributed by atoms with Crippen LogP contribution in [0.15, 0.2) is 28.8 Å². The largest absolute Gasteiger partial charge is 0.471 e. The molecule has 1 saturated carbocycles. The van der Waals surface area contributed by atoms with Gasteiger partial charge in [-0.3, -0.25) is 4.79 Å². The van der Waals surface area contributed by atoms with Crippen LogP contribution in [0.1, 0.15) is 38.1 Å². The second kappa shape index (κ2) is 6.50. The van der Waals surface area contributed by atoms with Gasteiger partial charge in [0.1, 0.15) is 0 Å². The average molecular weight is 353 g/mol. The first-order valence-corrected chi connectivity index (χ1v) is 8.06. The molecule has 134 valence electrons. The Morgan fingerprint density at radius 1 is 1.28 bits per heavy atom. The minimum absolute atomic E-state index is 0.0827. The van der Waals surface area contributed by atoms with Crippen molar-refractivity contribution < 1.29 is 22.5 Å². The van der Waals surface area contributed by atoms with Crippen molar-refractivity contribution in [3.63, 3.8) is 0 Å². The lowest BCUT2D eigenvalue weighted by Gasteiger charge is -2.27. The molecule has 1 amide bonds. The van der Waals surface area contributed by atoms with Crippen LogP contribution in [0.5, 0.6) is 0 Å². The summed E-state index contributed by atoms with van der Waals surface area (Å²) < 4.78 is 41.8. The van der Waals surface area contributed by atoms with Crippen molar-refractivity contribution in [2.75, 3.05) is 0 Å². The zero-order valence-electron chi connectivity index (χ0n) is 13.9. The van der Waals surface area contributed by atoms with Gasteiger partial charge in [-0.2, -0.15) is 18.2 Å². The Bertz CT molecular complexity index is 749. The summed E-state index contributed by atoms with van der Waals surface area (Å²) in [5, 5.41) is 3.36. The first kappa shape index (κ1) is 17.4. The number of carbonyl (C=O) groups is 1. The van der Waals surface area contributed by atoms with Crippen molar-refractivity contribution >= 4 is 5.91 Å². The van der Waals surface area contributed by atoms with Crippen LogP contribution in [0, 0.1) is 5.92 Å². The molecular weight excluding hydrogens is 335 g/mol. The molecule has 0 atom stereocenters. The van der Waals surface area contributed by atoms with Gasteiger partial charge in [0.15, 0.2) is 0 Å². The third-order valence-electron chi connectivity index (χ3n) is 4.07. The summed E-state index contributed by atoms with van der Waals surface area (Å²) in [6.45, 7) is 4.40. The number of hydrogen-bond acceptors (Lipinski definition) is 4. The highest BCUT2D eigenvalue weighted by Gasteiger charge is 2.38. The molecule has 1 fully saturated rings. The number of rotatable bonds is 5. The van der Waals surface area contributed by atoms with E-state index in [2.05, 4.69) is 14.7 Å². The van der Waals surface area contributed by atoms with Gasteiger partial charge in [-0.05, 0) is 32.3 Å². The predicted octanol–water partition coefficient (Wildman–Crippen LogP) is 3.90. The summed E-state index contributed by atoms with van der Waals surface area (Å²) in [5.74, 6) is -1.19. The van der Waals surface area contributed by atoms with Crippen LogP contribution in [-0.4, -0.2) is 27.0 Å². The summed E-state index contributed by atoms with van der Waals surface area (Å²) in [5.41, 5.74) is 1.32. The molecule has 0 saturated heterocycles. The van der Waals surface area contributed by atoms with Gasteiger partial charge in [-0.1, -0.05) is 29.4 Å². The van der Waals surface area contributed by atoms with Crippen LogP contribution >= 0.6 is 0 Å². The monoisotopic (exact) mass is 353 g/mol. The highest BCUT2D eigenvalue weighted by molar-refractivity contribution is 5.81. The zero-order chi connectivity index (χ0) is 18.2. The average Bonchev–Trinajstić information content (AvgIpc) is 3.27. The molecule has 0 aliphatic heterocycles. The molecule has 8 heteroatoms. The third-order valence-corrected chi connectivity index (χ3v) is 4.07. The topological polar surface area (TPSA) is 59.2 Å². The van der Waals surface area contributed by atoms with E-state index in [1.807, 2.05) is 18.7 Å². The molecule has 25 heavy (non-hydrogen) atoms. The van der Waals surface area contributed by atoms with Gasteiger partial charge in [0, 0.05) is 24.1 Å². The highest BCUT2D eigenvalue weighted by Crippen LogP contribution is 2.32. The lowest BCUT2D eigenvalue weighted by atomic mass is 10.1. The van der Waals surface area contributed by atoms with Crippen LogP contribution in [0.4, 0.5) is 13.2 Å². The summed E-state index contributed by atoms with van der Waals surface area (Å²) in [7, 11) is 0. The molecule has 1 aromatic heterocycles. The lowest BCUT2D eigenvalue weighted by Crippen LogP contribution is -2.37. The highest BCUT2D eigenvalue weighted by atomic mass is 19.4. The number of nitrogens with zero attached hydrogens (tertiary/aromatic N) is 3. The van der Waals surface area contributed by atoms with Crippen molar-refractivity contribution in [3.8, 4) is 11.4 Å². The van der Waals surface area contributed by atoms with E-state index in [0.717, 1.165) is 18.4 Å². The fourth-order valence-corrected chi connectivity index (χ4v) is 2.49. The Labute approximate surface area is 142 Å². The molecular formula is C17H18F3N3O2. The van der Waals surface area contributed by atoms with Gasteiger partial charge in [0.2, 0.25) is 11.7 Å². The second-order valence-corrected chi connectivity index (χ2v) is 6.45. The van der Waals surface area contributed by atoms with Gasteiger partial charge in [-0.25, -0.2) is 0 Å². The molecule has 1 heterocycles. The van der Waals surface area contributed by atoms with Crippen molar-refractivity contribution in [2.45, 2.75) is 45.5 Å². The molecule has 1 aliphatic carbocycles. The number of carbonyl (C=O) groups excluding carboxylic acids is 1. The van der Waals surface area contributed by atoms with E-state index in [-0.39, 0.29) is 23.7 Å². The summed E-state index contributed by atoms with van der Waals surface area (Å²) >= 11 is 0. The second-order valence-electron chi connectivity index (χ2n) is 6.45. The molecule has 0 unspecified atom stereocenters. The quantitative estimate of drug-likeness (QED) is 0.818. The smallest absolute Gasteiger partial charge is 0.336 e. The summed E-state index contributed by atoms with van der Waals surface area (Å²) in [4.78, 5) is 17.5. The Morgan fingerprint density at radius 2 is 1.92 bits per heavy atom. The van der Waals surface area contributed by atoms with Crippen LogP contribution in [0.2, 0.25) is 0 Å². The number of amides is 1. The molecule has 0 bridgehead atoms. The zero-order valence-corrected chi connectivity index (χ0v) is 13.9. The van der Waals surface area contributed by atoms with E-state index in [1.165, 1.54) is 0 Å². The number of aromatic nitrogens is 2. The van der Waals surface area contributed by atoms with Gasteiger partial charge in [0.05, 0.1) is 0 Å². The number of alkyl halides is 3. The van der Waals surface area contributed by atoms with E-state index in [4.69, 9.17) is 0 Å². The normalized spacial score (nSPS) is 14.8. The van der Waals surface area contributed by atoms with Gasteiger partial charge in [0.25, 0.3) is 0 Å². The molecule has 2 aromatic rings. The fraction of sp³-hybridized carbons (Fsp3) is 0.471. The molecule has 3 rings (SSSR count). The van der Waals surface area contributed by atoms with Crippen molar-refractivity contribution in [1.82, 2.24) is 15.0 Å². The van der Waals surface area contributed by atoms with Crippen LogP contribution in [-0.2, 0) is 17.5 Å². The van der Waals surface area contributed by atoms with Gasteiger partial charge in [-0.15, -0.1) is 0 Å². The molecule has 0 radical (unpaired) electrons. The van der Waals surface area contributed by atoms with Crippen LogP contribution in [0.3, 0.4) is 0 Å². The minimum atomic E-state index is -4.66. The fourth-order valence-electron chi connectivity index (χ4n) is 2.49. The number of hydrogen-bond donors (Lipinski definition) is 0. The molecule has 0 spiro atoms. The molecule has 1 aliphatic rings. The van der Waals surface area contributed by atoms with Gasteiger partial charge >= 0.3 is 12.1 Å². The van der Waals surface area contributed by atoms with E-state index >= 15 is 0 Å². The van der Waals surface area contributed by atoms with Gasteiger partial charge < -0.3 is 9.42 Å². The van der Waals surface area contributed by atoms with E-state index in [0.29, 0.717) is 12.1 Å². The maximum atomic E-state index is 12.5. The summed E-state index contributed by atoms with van der Waals surface area (Å²) in [6.07, 6.45) is -2.77. The Balaban J connectivity index is 1.73. The Hall–Kier alpha value is -2.38. The summed E-state index contributed by atoms with van der Waals surface area (Å²) in [6, 6.07) is 6.85. The van der Waals surface area contributed by atoms with Crippen LogP contribution < -0.4 is 0 Å². The Morgan fingerprint density at radius 3 is 2.40 bits per heavy atom. The molecule has 0 N–H and O–H groups in total.